The van der Waals surface area contributed by atoms with E-state index in [-0.39, 0.29) is 17.8 Å². The molecule has 42 heavy (non-hydrogen) atoms. The zero-order valence-electron chi connectivity index (χ0n) is 24.7. The Bertz CT molecular complexity index is 1510. The van der Waals surface area contributed by atoms with Crippen LogP contribution in [-0.2, 0) is 17.8 Å². The maximum absolute atomic E-state index is 15.1. The minimum absolute atomic E-state index is 0.0145. The van der Waals surface area contributed by atoms with Crippen molar-refractivity contribution >= 4 is 5.97 Å². The van der Waals surface area contributed by atoms with Gasteiger partial charge in [-0.05, 0) is 117 Å². The van der Waals surface area contributed by atoms with Crippen molar-refractivity contribution in [1.82, 2.24) is 9.88 Å². The van der Waals surface area contributed by atoms with Crippen LogP contribution in [0.5, 0.6) is 5.75 Å². The fourth-order valence-electron chi connectivity index (χ4n) is 7.68. The van der Waals surface area contributed by atoms with E-state index in [0.29, 0.717) is 17.0 Å². The van der Waals surface area contributed by atoms with E-state index in [1.165, 1.54) is 43.9 Å². The lowest BCUT2D eigenvalue weighted by molar-refractivity contribution is -0.142. The highest BCUT2D eigenvalue weighted by molar-refractivity contribution is 5.71. The third-order valence-electron chi connectivity index (χ3n) is 10.4. The molecular formula is C36H41FN2O3. The summed E-state index contributed by atoms with van der Waals surface area (Å²) in [6.07, 6.45) is 11.5. The number of pyridine rings is 1. The van der Waals surface area contributed by atoms with Crippen molar-refractivity contribution in [1.29, 1.82) is 0 Å². The van der Waals surface area contributed by atoms with E-state index in [4.69, 9.17) is 4.74 Å². The van der Waals surface area contributed by atoms with E-state index in [9.17, 15) is 9.90 Å². The van der Waals surface area contributed by atoms with Gasteiger partial charge in [-0.2, -0.15) is 0 Å². The zero-order valence-corrected chi connectivity index (χ0v) is 24.7. The Labute approximate surface area is 248 Å². The largest absolute Gasteiger partial charge is 0.485 e. The summed E-state index contributed by atoms with van der Waals surface area (Å²) in [6.45, 7) is 5.65. The first kappa shape index (κ1) is 27.6. The summed E-state index contributed by atoms with van der Waals surface area (Å²) in [4.78, 5) is 18.7. The number of carboxylic acid groups (broad SMARTS) is 1. The number of ether oxygens (including phenoxy) is 1. The van der Waals surface area contributed by atoms with Crippen LogP contribution in [0.15, 0.2) is 48.7 Å². The molecule has 3 aromatic rings. The quantitative estimate of drug-likeness (QED) is 0.298. The Kier molecular flexibility index (Phi) is 7.08. The number of carbonyl (C=O) groups is 1. The van der Waals surface area contributed by atoms with Gasteiger partial charge in [-0.25, -0.2) is 4.39 Å². The van der Waals surface area contributed by atoms with Gasteiger partial charge in [0, 0.05) is 23.3 Å². The van der Waals surface area contributed by atoms with Gasteiger partial charge in [0.05, 0.1) is 12.1 Å². The Morgan fingerprint density at radius 1 is 1.10 bits per heavy atom. The number of aliphatic carboxylic acids is 1. The van der Waals surface area contributed by atoms with Crippen LogP contribution in [0.4, 0.5) is 4.39 Å². The number of halogens is 1. The lowest BCUT2D eigenvalue weighted by atomic mass is 9.82. The minimum atomic E-state index is -0.737. The molecule has 3 atom stereocenters. The standard InChI is InChI=1S/C36H41FN2O3/c1-22-17-30(31(37)20-38-22)29-11-9-26(18-28(29)21-39-16-4-3-13-36(39)14-15-36)32-12-10-24-5-8-27(19-33(24)42-32)34(25-6-7-25)23(2)35(40)41/h5,8-9,11,17-20,23,25,32,34H,3-4,6-7,10,12-16,21H2,1-2H3,(H,40,41)/t23-,32?,34-/m0/s1. The van der Waals surface area contributed by atoms with Crippen molar-refractivity contribution in [3.63, 3.8) is 0 Å². The summed E-state index contributed by atoms with van der Waals surface area (Å²) in [6, 6.07) is 14.7. The van der Waals surface area contributed by atoms with Crippen LogP contribution in [0.1, 0.15) is 98.3 Å². The second-order valence-corrected chi connectivity index (χ2v) is 13.3. The monoisotopic (exact) mass is 568 g/mol. The summed E-state index contributed by atoms with van der Waals surface area (Å²) >= 11 is 0. The highest BCUT2D eigenvalue weighted by Gasteiger charge is 2.48. The van der Waals surface area contributed by atoms with Crippen molar-refractivity contribution in [3.05, 3.63) is 82.4 Å². The maximum Gasteiger partial charge on any atom is 0.306 e. The Morgan fingerprint density at radius 2 is 1.93 bits per heavy atom. The molecule has 1 N–H and O–H groups in total. The first-order valence-electron chi connectivity index (χ1n) is 15.8. The van der Waals surface area contributed by atoms with Gasteiger partial charge in [0.25, 0.3) is 0 Å². The van der Waals surface area contributed by atoms with Crippen LogP contribution in [0, 0.1) is 24.6 Å². The number of aryl methyl sites for hydroxylation is 2. The molecule has 5 nitrogen and oxygen atoms in total. The molecule has 2 saturated carbocycles. The predicted octanol–water partition coefficient (Wildman–Crippen LogP) is 8.00. The van der Waals surface area contributed by atoms with Gasteiger partial charge in [-0.1, -0.05) is 43.7 Å². The van der Waals surface area contributed by atoms with Gasteiger partial charge in [-0.3, -0.25) is 14.7 Å². The average Bonchev–Trinajstić information content (AvgIpc) is 3.93. The number of aromatic nitrogens is 1. The number of rotatable bonds is 8. The molecule has 0 amide bonds. The highest BCUT2D eigenvalue weighted by atomic mass is 19.1. The average molecular weight is 569 g/mol. The topological polar surface area (TPSA) is 62.7 Å². The summed E-state index contributed by atoms with van der Waals surface area (Å²) in [7, 11) is 0. The molecule has 2 aliphatic carbocycles. The van der Waals surface area contributed by atoms with Gasteiger partial charge < -0.3 is 9.84 Å². The molecule has 1 unspecified atom stereocenters. The molecule has 7 rings (SSSR count). The van der Waals surface area contributed by atoms with E-state index in [1.54, 1.807) is 0 Å². The predicted molar refractivity (Wildman–Crippen MR) is 161 cm³/mol. The van der Waals surface area contributed by atoms with Gasteiger partial charge in [0.1, 0.15) is 17.7 Å². The van der Waals surface area contributed by atoms with E-state index in [0.717, 1.165) is 72.5 Å². The van der Waals surface area contributed by atoms with Crippen molar-refractivity contribution < 1.29 is 19.0 Å². The first-order valence-corrected chi connectivity index (χ1v) is 15.8. The number of nitrogens with zero attached hydrogens (tertiary/aromatic N) is 2. The molecular weight excluding hydrogens is 527 g/mol. The molecule has 2 aliphatic heterocycles. The molecule has 3 heterocycles. The number of fused-ring (bicyclic) bond motifs is 1. The Hall–Kier alpha value is -3.25. The third kappa shape index (κ3) is 5.23. The van der Waals surface area contributed by atoms with Gasteiger partial charge >= 0.3 is 5.97 Å². The Balaban J connectivity index is 1.21. The number of hydrogen-bond acceptors (Lipinski definition) is 4. The molecule has 1 aromatic heterocycles. The number of likely N-dealkylation sites (tertiary alicyclic amines) is 1. The molecule has 6 heteroatoms. The maximum atomic E-state index is 15.1. The first-order chi connectivity index (χ1) is 20.3. The summed E-state index contributed by atoms with van der Waals surface area (Å²) < 4.78 is 21.8. The fraction of sp³-hybridized carbons (Fsp3) is 0.500. The van der Waals surface area contributed by atoms with E-state index < -0.39 is 11.9 Å². The summed E-state index contributed by atoms with van der Waals surface area (Å²) in [5.41, 5.74) is 7.23. The van der Waals surface area contributed by atoms with Crippen LogP contribution in [0.2, 0.25) is 0 Å². The van der Waals surface area contributed by atoms with Crippen LogP contribution >= 0.6 is 0 Å². The summed E-state index contributed by atoms with van der Waals surface area (Å²) in [5.74, 6) is -0.122. The molecule has 4 aliphatic rings. The SMILES string of the molecule is Cc1cc(-c2ccc(C3CCc4ccc([C@H](C5CC5)[C@H](C)C(=O)O)cc4O3)cc2CN2CCCCC23CC3)c(F)cn1. The van der Waals surface area contributed by atoms with Crippen molar-refractivity contribution in [2.24, 2.45) is 11.8 Å². The second-order valence-electron chi connectivity index (χ2n) is 13.3. The minimum Gasteiger partial charge on any atom is -0.485 e. The van der Waals surface area contributed by atoms with Crippen molar-refractivity contribution in [2.75, 3.05) is 6.54 Å². The number of piperidine rings is 1. The third-order valence-corrected chi connectivity index (χ3v) is 10.4. The van der Waals surface area contributed by atoms with Crippen LogP contribution < -0.4 is 4.74 Å². The number of carboxylic acids is 1. The zero-order chi connectivity index (χ0) is 29.0. The lowest BCUT2D eigenvalue weighted by Gasteiger charge is -2.37. The lowest BCUT2D eigenvalue weighted by Crippen LogP contribution is -2.40. The molecule has 0 bridgehead atoms. The molecule has 1 spiro atoms. The molecule has 3 fully saturated rings. The normalized spacial score (nSPS) is 22.7. The number of benzene rings is 2. The van der Waals surface area contributed by atoms with Crippen LogP contribution in [0.25, 0.3) is 11.1 Å². The Morgan fingerprint density at radius 3 is 2.69 bits per heavy atom. The van der Waals surface area contributed by atoms with Gasteiger partial charge in [-0.15, -0.1) is 0 Å². The summed E-state index contributed by atoms with van der Waals surface area (Å²) in [5, 5.41) is 9.77. The molecule has 1 saturated heterocycles. The molecule has 220 valence electrons. The highest BCUT2D eigenvalue weighted by Crippen LogP contribution is 2.50. The van der Waals surface area contributed by atoms with E-state index in [2.05, 4.69) is 46.3 Å². The fourth-order valence-corrected chi connectivity index (χ4v) is 7.68. The van der Waals surface area contributed by atoms with Gasteiger partial charge in [0.2, 0.25) is 0 Å². The number of hydrogen-bond donors (Lipinski definition) is 1. The van der Waals surface area contributed by atoms with E-state index in [1.807, 2.05) is 19.9 Å². The van der Waals surface area contributed by atoms with Crippen molar-refractivity contribution in [3.8, 4) is 16.9 Å². The van der Waals surface area contributed by atoms with E-state index >= 15 is 4.39 Å². The molecule has 2 aromatic carbocycles. The van der Waals surface area contributed by atoms with Crippen LogP contribution in [0.3, 0.4) is 0 Å². The second kappa shape index (κ2) is 10.8. The van der Waals surface area contributed by atoms with Gasteiger partial charge in [0.15, 0.2) is 0 Å². The molecule has 0 radical (unpaired) electrons. The smallest absolute Gasteiger partial charge is 0.306 e. The van der Waals surface area contributed by atoms with Crippen molar-refractivity contribution in [2.45, 2.75) is 95.7 Å². The van der Waals surface area contributed by atoms with Crippen LogP contribution in [-0.4, -0.2) is 33.0 Å².